The predicted molar refractivity (Wildman–Crippen MR) is 101 cm³/mol. The highest BCUT2D eigenvalue weighted by molar-refractivity contribution is 7.13. The average Bonchev–Trinajstić information content (AvgIpc) is 3.11. The number of aromatic nitrogens is 1. The van der Waals surface area contributed by atoms with Crippen LogP contribution in [0, 0.1) is 13.8 Å². The number of carbonyl (C=O) groups is 1. The molecule has 0 aliphatic carbocycles. The minimum absolute atomic E-state index is 0.0539. The second-order valence-electron chi connectivity index (χ2n) is 5.84. The topological polar surface area (TPSA) is 68.7 Å². The van der Waals surface area contributed by atoms with E-state index in [1.54, 1.807) is 0 Å². The number of nitrogens with zero attached hydrogens (tertiary/aromatic N) is 1. The van der Waals surface area contributed by atoms with Gasteiger partial charge in [0.1, 0.15) is 29.7 Å². The van der Waals surface area contributed by atoms with Crippen molar-refractivity contribution in [1.82, 2.24) is 4.98 Å². The molecule has 1 aromatic heterocycles. The van der Waals surface area contributed by atoms with Crippen molar-refractivity contribution in [1.29, 1.82) is 0 Å². The molecular weight excluding hydrogens is 350 g/mol. The fraction of sp³-hybridized carbons (Fsp3) is 0.200. The summed E-state index contributed by atoms with van der Waals surface area (Å²) in [7, 11) is 0. The van der Waals surface area contributed by atoms with Gasteiger partial charge in [-0.15, -0.1) is 11.3 Å². The lowest BCUT2D eigenvalue weighted by molar-refractivity contribution is 0.0691. The molecule has 2 aromatic carbocycles. The molecule has 0 fully saturated rings. The van der Waals surface area contributed by atoms with Gasteiger partial charge in [-0.1, -0.05) is 29.8 Å². The Kier molecular flexibility index (Phi) is 5.53. The summed E-state index contributed by atoms with van der Waals surface area (Å²) in [5.41, 5.74) is 3.19. The minimum Gasteiger partial charge on any atom is -0.490 e. The molecule has 1 N–H and O–H groups in total. The van der Waals surface area contributed by atoms with Gasteiger partial charge < -0.3 is 14.6 Å². The number of hydrogen-bond donors (Lipinski definition) is 1. The number of aromatic carboxylic acids is 1. The van der Waals surface area contributed by atoms with Gasteiger partial charge in [0.15, 0.2) is 5.69 Å². The fourth-order valence-corrected chi connectivity index (χ4v) is 3.29. The Bertz CT molecular complexity index is 920. The average molecular weight is 369 g/mol. The first-order valence-corrected chi connectivity index (χ1v) is 9.03. The van der Waals surface area contributed by atoms with Crippen molar-refractivity contribution >= 4 is 17.3 Å². The number of hydrogen-bond acceptors (Lipinski definition) is 5. The first-order chi connectivity index (χ1) is 12.5. The molecule has 0 radical (unpaired) electrons. The summed E-state index contributed by atoms with van der Waals surface area (Å²) in [6, 6.07) is 13.5. The van der Waals surface area contributed by atoms with E-state index >= 15 is 0 Å². The first kappa shape index (κ1) is 17.9. The summed E-state index contributed by atoms with van der Waals surface area (Å²) in [5.74, 6) is 0.527. The highest BCUT2D eigenvalue weighted by Gasteiger charge is 2.10. The van der Waals surface area contributed by atoms with Gasteiger partial charge in [0.25, 0.3) is 0 Å². The molecule has 134 valence electrons. The maximum absolute atomic E-state index is 11.0. The van der Waals surface area contributed by atoms with E-state index in [1.165, 1.54) is 22.3 Å². The zero-order valence-corrected chi connectivity index (χ0v) is 15.4. The number of carboxylic acid groups (broad SMARTS) is 1. The van der Waals surface area contributed by atoms with Crippen molar-refractivity contribution in [2.45, 2.75) is 13.8 Å². The Hall–Kier alpha value is -2.86. The van der Waals surface area contributed by atoms with E-state index in [4.69, 9.17) is 14.6 Å². The maximum Gasteiger partial charge on any atom is 0.355 e. The van der Waals surface area contributed by atoms with Crippen molar-refractivity contribution in [2.24, 2.45) is 0 Å². The molecule has 0 bridgehead atoms. The van der Waals surface area contributed by atoms with Gasteiger partial charge >= 0.3 is 5.97 Å². The third kappa shape index (κ3) is 4.40. The number of benzene rings is 2. The van der Waals surface area contributed by atoms with Crippen molar-refractivity contribution in [3.63, 3.8) is 0 Å². The third-order valence-electron chi connectivity index (χ3n) is 3.74. The smallest absolute Gasteiger partial charge is 0.355 e. The molecule has 0 amide bonds. The van der Waals surface area contributed by atoms with E-state index in [2.05, 4.69) is 18.0 Å². The molecule has 0 spiro atoms. The highest BCUT2D eigenvalue weighted by atomic mass is 32.1. The van der Waals surface area contributed by atoms with Crippen LogP contribution in [0.5, 0.6) is 11.5 Å². The van der Waals surface area contributed by atoms with Crippen molar-refractivity contribution in [2.75, 3.05) is 13.2 Å². The molecule has 0 aliphatic heterocycles. The number of thiazole rings is 1. The number of aryl methyl sites for hydroxylation is 2. The van der Waals surface area contributed by atoms with Gasteiger partial charge in [-0.3, -0.25) is 0 Å². The molecule has 26 heavy (non-hydrogen) atoms. The molecule has 0 unspecified atom stereocenters. The Morgan fingerprint density at radius 1 is 1.12 bits per heavy atom. The summed E-state index contributed by atoms with van der Waals surface area (Å²) >= 11 is 1.30. The van der Waals surface area contributed by atoms with Crippen molar-refractivity contribution in [3.05, 3.63) is 64.7 Å². The largest absolute Gasteiger partial charge is 0.490 e. The van der Waals surface area contributed by atoms with Crippen LogP contribution < -0.4 is 9.47 Å². The summed E-state index contributed by atoms with van der Waals surface area (Å²) in [6.45, 7) is 4.92. The van der Waals surface area contributed by atoms with Gasteiger partial charge in [0.2, 0.25) is 0 Å². The zero-order chi connectivity index (χ0) is 18.5. The standard InChI is InChI=1S/C20H19NO4S/c1-13-6-7-18(14(2)10-13)25-9-8-24-16-5-3-4-15(11-16)19-21-17(12-26-19)20(22)23/h3-7,10-12H,8-9H2,1-2H3,(H,22,23). The van der Waals surface area contributed by atoms with E-state index in [0.29, 0.717) is 24.0 Å². The summed E-state index contributed by atoms with van der Waals surface area (Å²) < 4.78 is 11.5. The molecule has 6 heteroatoms. The van der Waals surface area contributed by atoms with E-state index in [0.717, 1.165) is 16.9 Å². The van der Waals surface area contributed by atoms with Gasteiger partial charge in [-0.2, -0.15) is 0 Å². The molecule has 5 nitrogen and oxygen atoms in total. The minimum atomic E-state index is -1.02. The van der Waals surface area contributed by atoms with E-state index < -0.39 is 5.97 Å². The molecule has 3 aromatic rings. The van der Waals surface area contributed by atoms with Crippen molar-refractivity contribution in [3.8, 4) is 22.1 Å². The number of carboxylic acids is 1. The van der Waals surface area contributed by atoms with Crippen LogP contribution in [0.15, 0.2) is 47.8 Å². The van der Waals surface area contributed by atoms with Gasteiger partial charge in [0, 0.05) is 10.9 Å². The second-order valence-corrected chi connectivity index (χ2v) is 6.69. The van der Waals surface area contributed by atoms with E-state index in [-0.39, 0.29) is 5.69 Å². The summed E-state index contributed by atoms with van der Waals surface area (Å²) in [6.07, 6.45) is 0. The molecular formula is C20H19NO4S. The molecule has 0 saturated carbocycles. The van der Waals surface area contributed by atoms with Crippen LogP contribution in [-0.4, -0.2) is 29.3 Å². The van der Waals surface area contributed by atoms with Gasteiger partial charge in [-0.05, 0) is 37.6 Å². The normalized spacial score (nSPS) is 10.5. The lowest BCUT2D eigenvalue weighted by Gasteiger charge is -2.11. The Morgan fingerprint density at radius 3 is 2.65 bits per heavy atom. The molecule has 0 aliphatic rings. The lowest BCUT2D eigenvalue weighted by Crippen LogP contribution is -2.09. The molecule has 0 atom stereocenters. The quantitative estimate of drug-likeness (QED) is 0.617. The second kappa shape index (κ2) is 8.01. The summed E-state index contributed by atoms with van der Waals surface area (Å²) in [4.78, 5) is 15.1. The third-order valence-corrected chi connectivity index (χ3v) is 4.64. The fourth-order valence-electron chi connectivity index (χ4n) is 2.50. The SMILES string of the molecule is Cc1ccc(OCCOc2cccc(-c3nc(C(=O)O)cs3)c2)c(C)c1. The predicted octanol–water partition coefficient (Wildman–Crippen LogP) is 4.58. The Labute approximate surface area is 155 Å². The van der Waals surface area contributed by atoms with Crippen LogP contribution in [-0.2, 0) is 0 Å². The van der Waals surface area contributed by atoms with Crippen LogP contribution in [0.3, 0.4) is 0 Å². The number of ether oxygens (including phenoxy) is 2. The van der Waals surface area contributed by atoms with Gasteiger partial charge in [0.05, 0.1) is 0 Å². The summed E-state index contributed by atoms with van der Waals surface area (Å²) in [5, 5.41) is 11.2. The van der Waals surface area contributed by atoms with Crippen LogP contribution >= 0.6 is 11.3 Å². The maximum atomic E-state index is 11.0. The monoisotopic (exact) mass is 369 g/mol. The molecule has 3 rings (SSSR count). The zero-order valence-electron chi connectivity index (χ0n) is 14.6. The molecule has 0 saturated heterocycles. The first-order valence-electron chi connectivity index (χ1n) is 8.15. The van der Waals surface area contributed by atoms with Crippen molar-refractivity contribution < 1.29 is 19.4 Å². The number of rotatable bonds is 7. The highest BCUT2D eigenvalue weighted by Crippen LogP contribution is 2.27. The van der Waals surface area contributed by atoms with Crippen LogP contribution in [0.25, 0.3) is 10.6 Å². The van der Waals surface area contributed by atoms with Gasteiger partial charge in [-0.25, -0.2) is 9.78 Å². The van der Waals surface area contributed by atoms with Crippen LogP contribution in [0.2, 0.25) is 0 Å². The molecule has 1 heterocycles. The lowest BCUT2D eigenvalue weighted by atomic mass is 10.1. The Morgan fingerprint density at radius 2 is 1.92 bits per heavy atom. The van der Waals surface area contributed by atoms with Crippen LogP contribution in [0.4, 0.5) is 0 Å². The Balaban J connectivity index is 1.57. The van der Waals surface area contributed by atoms with E-state index in [1.807, 2.05) is 43.3 Å². The van der Waals surface area contributed by atoms with Crippen LogP contribution in [0.1, 0.15) is 21.6 Å². The van der Waals surface area contributed by atoms with E-state index in [9.17, 15) is 4.79 Å².